The van der Waals surface area contributed by atoms with Crippen LogP contribution in [0.4, 0.5) is 0 Å². The molecule has 0 amide bonds. The molecule has 0 aliphatic carbocycles. The van der Waals surface area contributed by atoms with Crippen molar-refractivity contribution in [3.8, 4) is 0 Å². The molecule has 1 atom stereocenters. The summed E-state index contributed by atoms with van der Waals surface area (Å²) in [6.45, 7) is 4.37. The van der Waals surface area contributed by atoms with Crippen molar-refractivity contribution >= 4 is 29.5 Å². The van der Waals surface area contributed by atoms with Crippen LogP contribution in [0.25, 0.3) is 0 Å². The molecule has 0 aromatic heterocycles. The molecule has 0 radical (unpaired) electrons. The average Bonchev–Trinajstić information content (AvgIpc) is 2.23. The predicted molar refractivity (Wildman–Crippen MR) is 69.5 cm³/mol. The fourth-order valence-electron chi connectivity index (χ4n) is 0.892. The third-order valence-corrected chi connectivity index (χ3v) is 4.14. The van der Waals surface area contributed by atoms with Crippen LogP contribution in [0, 0.1) is 0 Å². The van der Waals surface area contributed by atoms with E-state index in [0.717, 1.165) is 11.5 Å². The molecule has 5 heteroatoms. The van der Waals surface area contributed by atoms with Crippen LogP contribution in [0.15, 0.2) is 0 Å². The standard InChI is InChI=1S/C10H21NO2S2/c1-3-5-14-6-7-15-8-9(11)10(12)13-4-2/h9H,3-8,11H2,1-2H3/t9-/m0/s1. The number of thioether (sulfide) groups is 2. The van der Waals surface area contributed by atoms with E-state index in [2.05, 4.69) is 6.92 Å². The smallest absolute Gasteiger partial charge is 0.323 e. The van der Waals surface area contributed by atoms with Crippen molar-refractivity contribution in [3.05, 3.63) is 0 Å². The Balaban J connectivity index is 3.30. The number of nitrogens with two attached hydrogens (primary N) is 1. The van der Waals surface area contributed by atoms with Gasteiger partial charge >= 0.3 is 5.97 Å². The third kappa shape index (κ3) is 9.08. The van der Waals surface area contributed by atoms with Gasteiger partial charge in [-0.1, -0.05) is 6.92 Å². The monoisotopic (exact) mass is 251 g/mol. The molecule has 0 aliphatic heterocycles. The van der Waals surface area contributed by atoms with Crippen LogP contribution in [-0.4, -0.2) is 41.6 Å². The summed E-state index contributed by atoms with van der Waals surface area (Å²) in [4.78, 5) is 11.1. The van der Waals surface area contributed by atoms with E-state index in [4.69, 9.17) is 10.5 Å². The summed E-state index contributed by atoms with van der Waals surface area (Å²) in [6, 6.07) is -0.467. The number of carbonyl (C=O) groups is 1. The Bertz CT molecular complexity index is 168. The van der Waals surface area contributed by atoms with Crippen molar-refractivity contribution in [2.24, 2.45) is 5.73 Å². The lowest BCUT2D eigenvalue weighted by molar-refractivity contribution is -0.144. The Morgan fingerprint density at radius 1 is 1.27 bits per heavy atom. The molecular formula is C10H21NO2S2. The maximum absolute atomic E-state index is 11.1. The van der Waals surface area contributed by atoms with Gasteiger partial charge in [-0.15, -0.1) is 0 Å². The van der Waals surface area contributed by atoms with E-state index in [1.54, 1.807) is 18.7 Å². The van der Waals surface area contributed by atoms with Crippen molar-refractivity contribution in [3.63, 3.8) is 0 Å². The zero-order valence-corrected chi connectivity index (χ0v) is 11.2. The minimum atomic E-state index is -0.467. The molecular weight excluding hydrogens is 230 g/mol. The molecule has 0 aliphatic rings. The highest BCUT2D eigenvalue weighted by atomic mass is 32.2. The zero-order valence-electron chi connectivity index (χ0n) is 9.53. The van der Waals surface area contributed by atoms with Gasteiger partial charge in [0.15, 0.2) is 0 Å². The van der Waals surface area contributed by atoms with Crippen LogP contribution in [0.5, 0.6) is 0 Å². The van der Waals surface area contributed by atoms with Gasteiger partial charge in [-0.05, 0) is 19.1 Å². The van der Waals surface area contributed by atoms with E-state index in [9.17, 15) is 4.79 Å². The largest absolute Gasteiger partial charge is 0.465 e. The topological polar surface area (TPSA) is 52.3 Å². The second-order valence-corrected chi connectivity index (χ2v) is 5.42. The first-order valence-corrected chi connectivity index (χ1v) is 7.61. The highest BCUT2D eigenvalue weighted by molar-refractivity contribution is 8.02. The first-order chi connectivity index (χ1) is 7.22. The van der Waals surface area contributed by atoms with Gasteiger partial charge < -0.3 is 10.5 Å². The molecule has 0 rings (SSSR count). The first-order valence-electron chi connectivity index (χ1n) is 5.30. The molecule has 0 bridgehead atoms. The Morgan fingerprint density at radius 3 is 2.53 bits per heavy atom. The molecule has 0 aromatic carbocycles. The molecule has 0 aromatic rings. The number of esters is 1. The highest BCUT2D eigenvalue weighted by Gasteiger charge is 2.13. The van der Waals surface area contributed by atoms with Crippen LogP contribution in [0.2, 0.25) is 0 Å². The maximum Gasteiger partial charge on any atom is 0.323 e. The number of hydrogen-bond acceptors (Lipinski definition) is 5. The molecule has 0 spiro atoms. The summed E-state index contributed by atoms with van der Waals surface area (Å²) in [6.07, 6.45) is 1.22. The minimum Gasteiger partial charge on any atom is -0.465 e. The molecule has 0 heterocycles. The van der Waals surface area contributed by atoms with Crippen LogP contribution in [0.3, 0.4) is 0 Å². The first kappa shape index (κ1) is 15.1. The summed E-state index contributed by atoms with van der Waals surface area (Å²) < 4.78 is 4.82. The lowest BCUT2D eigenvalue weighted by Gasteiger charge is -2.09. The van der Waals surface area contributed by atoms with E-state index in [1.165, 1.54) is 12.2 Å². The van der Waals surface area contributed by atoms with Crippen LogP contribution in [0.1, 0.15) is 20.3 Å². The van der Waals surface area contributed by atoms with Crippen LogP contribution < -0.4 is 5.73 Å². The maximum atomic E-state index is 11.1. The van der Waals surface area contributed by atoms with Crippen LogP contribution in [-0.2, 0) is 9.53 Å². The molecule has 0 saturated carbocycles. The SMILES string of the molecule is CCCSCCSC[C@H](N)C(=O)OCC. The van der Waals surface area contributed by atoms with E-state index < -0.39 is 6.04 Å². The van der Waals surface area contributed by atoms with Gasteiger partial charge in [-0.25, -0.2) is 0 Å². The number of ether oxygens (including phenoxy) is 1. The molecule has 0 unspecified atom stereocenters. The van der Waals surface area contributed by atoms with Crippen molar-refractivity contribution in [2.45, 2.75) is 26.3 Å². The molecule has 2 N–H and O–H groups in total. The fourth-order valence-corrected chi connectivity index (χ4v) is 2.88. The van der Waals surface area contributed by atoms with Gasteiger partial charge in [0.25, 0.3) is 0 Å². The molecule has 15 heavy (non-hydrogen) atoms. The summed E-state index contributed by atoms with van der Waals surface area (Å²) in [7, 11) is 0. The van der Waals surface area contributed by atoms with Gasteiger partial charge in [0.2, 0.25) is 0 Å². The van der Waals surface area contributed by atoms with Crippen LogP contribution >= 0.6 is 23.5 Å². The quantitative estimate of drug-likeness (QED) is 0.500. The zero-order chi connectivity index (χ0) is 11.5. The van der Waals surface area contributed by atoms with E-state index in [0.29, 0.717) is 12.4 Å². The molecule has 0 saturated heterocycles. The van der Waals surface area contributed by atoms with Gasteiger partial charge in [0.1, 0.15) is 6.04 Å². The second kappa shape index (κ2) is 10.6. The number of hydrogen-bond donors (Lipinski definition) is 1. The summed E-state index contributed by atoms with van der Waals surface area (Å²) in [5.41, 5.74) is 5.64. The van der Waals surface area contributed by atoms with Crippen molar-refractivity contribution in [1.82, 2.24) is 0 Å². The number of carbonyl (C=O) groups excluding carboxylic acids is 1. The predicted octanol–water partition coefficient (Wildman–Crippen LogP) is 1.75. The average molecular weight is 251 g/mol. The third-order valence-electron chi connectivity index (χ3n) is 1.61. The second-order valence-electron chi connectivity index (χ2n) is 3.05. The van der Waals surface area contributed by atoms with Crippen molar-refractivity contribution in [1.29, 1.82) is 0 Å². The normalized spacial score (nSPS) is 12.5. The number of rotatable bonds is 9. The Kier molecular flexibility index (Phi) is 10.7. The molecule has 90 valence electrons. The lowest BCUT2D eigenvalue weighted by Crippen LogP contribution is -2.34. The minimum absolute atomic E-state index is 0.286. The van der Waals surface area contributed by atoms with Gasteiger partial charge in [-0.2, -0.15) is 23.5 Å². The molecule has 3 nitrogen and oxygen atoms in total. The molecule has 0 fully saturated rings. The Morgan fingerprint density at radius 2 is 1.93 bits per heavy atom. The Hall–Kier alpha value is 0.130. The highest BCUT2D eigenvalue weighted by Crippen LogP contribution is 2.09. The van der Waals surface area contributed by atoms with E-state index >= 15 is 0 Å². The van der Waals surface area contributed by atoms with Gasteiger partial charge in [0.05, 0.1) is 6.61 Å². The summed E-state index contributed by atoms with van der Waals surface area (Å²) >= 11 is 3.67. The summed E-state index contributed by atoms with van der Waals surface area (Å²) in [5.74, 6) is 3.77. The summed E-state index contributed by atoms with van der Waals surface area (Å²) in [5, 5.41) is 0. The van der Waals surface area contributed by atoms with Gasteiger partial charge in [0, 0.05) is 17.3 Å². The van der Waals surface area contributed by atoms with Gasteiger partial charge in [-0.3, -0.25) is 4.79 Å². The Labute approximate surface area is 101 Å². The van der Waals surface area contributed by atoms with Crippen molar-refractivity contribution in [2.75, 3.05) is 29.6 Å². The van der Waals surface area contributed by atoms with Crippen molar-refractivity contribution < 1.29 is 9.53 Å². The lowest BCUT2D eigenvalue weighted by atomic mass is 10.4. The fraction of sp³-hybridized carbons (Fsp3) is 0.900. The van der Waals surface area contributed by atoms with E-state index in [1.807, 2.05) is 11.8 Å². The van der Waals surface area contributed by atoms with E-state index in [-0.39, 0.29) is 5.97 Å².